The van der Waals surface area contributed by atoms with E-state index >= 15 is 0 Å². The first-order valence-electron chi connectivity index (χ1n) is 3.29. The van der Waals surface area contributed by atoms with Crippen molar-refractivity contribution in [2.24, 2.45) is 5.84 Å². The minimum absolute atomic E-state index is 0.158. The van der Waals surface area contributed by atoms with E-state index in [9.17, 15) is 12.9 Å². The van der Waals surface area contributed by atoms with Crippen molar-refractivity contribution >= 4 is 15.7 Å². The van der Waals surface area contributed by atoms with Crippen molar-refractivity contribution in [1.29, 1.82) is 0 Å². The van der Waals surface area contributed by atoms with E-state index in [0.717, 1.165) is 0 Å². The van der Waals surface area contributed by atoms with E-state index in [1.54, 1.807) is 0 Å². The molecule has 1 aromatic carbocycles. The molecule has 0 saturated carbocycles. The van der Waals surface area contributed by atoms with Crippen molar-refractivity contribution in [3.63, 3.8) is 0 Å². The molecule has 0 unspecified atom stereocenters. The molecule has 13 heavy (non-hydrogen) atoms. The molecular weight excluding hydrogens is 197 g/mol. The summed E-state index contributed by atoms with van der Waals surface area (Å²) in [7, 11) is -4.01. The highest BCUT2D eigenvalue weighted by atomic mass is 32.2. The summed E-state index contributed by atoms with van der Waals surface area (Å²) in [6.45, 7) is 0. The third kappa shape index (κ3) is 2.14. The van der Waals surface area contributed by atoms with E-state index < -0.39 is 10.0 Å². The lowest BCUT2D eigenvalue weighted by atomic mass is 10.3. The Hall–Kier alpha value is -1.18. The van der Waals surface area contributed by atoms with Crippen molar-refractivity contribution in [3.8, 4) is 0 Å². The van der Waals surface area contributed by atoms with Gasteiger partial charge in [-0.05, 0) is 29.2 Å². The summed E-state index contributed by atoms with van der Waals surface area (Å²) in [6.07, 6.45) is 0. The van der Waals surface area contributed by atoms with Crippen LogP contribution in [0.25, 0.3) is 0 Å². The molecule has 0 heterocycles. The van der Waals surface area contributed by atoms with E-state index in [2.05, 4.69) is 5.43 Å². The number of nitrogen functional groups attached to an aromatic ring is 1. The van der Waals surface area contributed by atoms with E-state index in [-0.39, 0.29) is 4.90 Å². The summed E-state index contributed by atoms with van der Waals surface area (Å²) in [5, 5.41) is 0. The lowest BCUT2D eigenvalue weighted by Crippen LogP contribution is -2.14. The van der Waals surface area contributed by atoms with Gasteiger partial charge in [-0.2, -0.15) is 0 Å². The standard InChI is InChI=1S/C6H8FN3O2S/c7-10-13(11,12)6-3-1-5(9-8)2-4-6/h1-4,9-10H,8H2. The van der Waals surface area contributed by atoms with Gasteiger partial charge < -0.3 is 5.43 Å². The quantitative estimate of drug-likeness (QED) is 0.372. The number of halogens is 1. The molecule has 0 fully saturated rings. The van der Waals surface area contributed by atoms with Gasteiger partial charge in [-0.15, -0.1) is 4.48 Å². The van der Waals surface area contributed by atoms with Crippen LogP contribution in [0.1, 0.15) is 0 Å². The lowest BCUT2D eigenvalue weighted by Gasteiger charge is -2.01. The molecule has 0 spiro atoms. The van der Waals surface area contributed by atoms with Crippen LogP contribution in [-0.4, -0.2) is 8.42 Å². The number of sulfonamides is 1. The summed E-state index contributed by atoms with van der Waals surface area (Å²) >= 11 is 0. The maximum absolute atomic E-state index is 11.8. The number of hydrogen-bond acceptors (Lipinski definition) is 4. The summed E-state index contributed by atoms with van der Waals surface area (Å²) in [5.74, 6) is 5.05. The van der Waals surface area contributed by atoms with Crippen molar-refractivity contribution < 1.29 is 12.9 Å². The molecule has 0 aliphatic heterocycles. The number of hydrogen-bond donors (Lipinski definition) is 3. The molecular formula is C6H8FN3O2S. The molecule has 0 aliphatic carbocycles. The fraction of sp³-hybridized carbons (Fsp3) is 0. The Bertz CT molecular complexity index is 375. The molecule has 72 valence electrons. The Morgan fingerprint density at radius 2 is 1.77 bits per heavy atom. The molecule has 5 nitrogen and oxygen atoms in total. The number of hydrazine groups is 1. The zero-order valence-corrected chi connectivity index (χ0v) is 7.31. The van der Waals surface area contributed by atoms with Crippen LogP contribution in [0.5, 0.6) is 0 Å². The van der Waals surface area contributed by atoms with Gasteiger partial charge in [0.1, 0.15) is 0 Å². The van der Waals surface area contributed by atoms with Crippen molar-refractivity contribution in [3.05, 3.63) is 24.3 Å². The fourth-order valence-corrected chi connectivity index (χ4v) is 1.36. The Labute approximate surface area is 74.7 Å². The van der Waals surface area contributed by atoms with Gasteiger partial charge in [0, 0.05) is 5.69 Å². The van der Waals surface area contributed by atoms with Gasteiger partial charge in [-0.25, -0.2) is 8.42 Å². The van der Waals surface area contributed by atoms with Gasteiger partial charge in [0.25, 0.3) is 10.0 Å². The number of rotatable bonds is 3. The molecule has 0 amide bonds. The molecule has 0 saturated heterocycles. The van der Waals surface area contributed by atoms with E-state index in [1.807, 2.05) is 0 Å². The SMILES string of the molecule is NNc1ccc(S(=O)(=O)NF)cc1. The highest BCUT2D eigenvalue weighted by molar-refractivity contribution is 7.89. The maximum Gasteiger partial charge on any atom is 0.266 e. The maximum atomic E-state index is 11.8. The lowest BCUT2D eigenvalue weighted by molar-refractivity contribution is 0.425. The van der Waals surface area contributed by atoms with Crippen LogP contribution in [-0.2, 0) is 10.0 Å². The predicted molar refractivity (Wildman–Crippen MR) is 45.7 cm³/mol. The molecule has 0 aromatic heterocycles. The first-order chi connectivity index (χ1) is 6.10. The number of anilines is 1. The van der Waals surface area contributed by atoms with Crippen molar-refractivity contribution in [2.45, 2.75) is 4.90 Å². The Kier molecular flexibility index (Phi) is 2.81. The Balaban J connectivity index is 3.06. The second-order valence-electron chi connectivity index (χ2n) is 2.25. The largest absolute Gasteiger partial charge is 0.324 e. The molecule has 0 atom stereocenters. The Morgan fingerprint density at radius 3 is 2.15 bits per heavy atom. The zero-order chi connectivity index (χ0) is 9.90. The average molecular weight is 205 g/mol. The second kappa shape index (κ2) is 3.69. The predicted octanol–water partition coefficient (Wildman–Crippen LogP) is 0.135. The molecule has 7 heteroatoms. The van der Waals surface area contributed by atoms with Crippen LogP contribution in [0.2, 0.25) is 0 Å². The summed E-state index contributed by atoms with van der Waals surface area (Å²) in [4.78, 5) is 0.557. The summed E-state index contributed by atoms with van der Waals surface area (Å²) in [6, 6.07) is 5.31. The highest BCUT2D eigenvalue weighted by Crippen LogP contribution is 2.12. The van der Waals surface area contributed by atoms with Crippen LogP contribution in [0, 0.1) is 0 Å². The van der Waals surface area contributed by atoms with Crippen LogP contribution in [0.3, 0.4) is 0 Å². The van der Waals surface area contributed by atoms with Gasteiger partial charge in [0.2, 0.25) is 0 Å². The first kappa shape index (κ1) is 9.90. The minimum atomic E-state index is -4.01. The van der Waals surface area contributed by atoms with E-state index in [0.29, 0.717) is 10.6 Å². The van der Waals surface area contributed by atoms with Gasteiger partial charge in [0.15, 0.2) is 0 Å². The summed E-state index contributed by atoms with van der Waals surface area (Å²) < 4.78 is 33.5. The van der Waals surface area contributed by atoms with E-state index in [1.165, 1.54) is 24.3 Å². The first-order valence-corrected chi connectivity index (χ1v) is 4.77. The highest BCUT2D eigenvalue weighted by Gasteiger charge is 2.12. The second-order valence-corrected chi connectivity index (χ2v) is 3.88. The average Bonchev–Trinajstić information content (AvgIpc) is 2.18. The Morgan fingerprint density at radius 1 is 1.23 bits per heavy atom. The number of nitrogens with two attached hydrogens (primary N) is 1. The number of benzene rings is 1. The number of nitrogens with one attached hydrogen (secondary N) is 2. The van der Waals surface area contributed by atoms with Gasteiger partial charge in [-0.1, -0.05) is 0 Å². The van der Waals surface area contributed by atoms with Gasteiger partial charge >= 0.3 is 0 Å². The molecule has 1 rings (SSSR count). The molecule has 0 radical (unpaired) electrons. The molecule has 0 bridgehead atoms. The minimum Gasteiger partial charge on any atom is -0.324 e. The molecule has 4 N–H and O–H groups in total. The molecule has 0 aliphatic rings. The van der Waals surface area contributed by atoms with Crippen molar-refractivity contribution in [1.82, 2.24) is 4.94 Å². The normalized spacial score (nSPS) is 11.2. The summed E-state index contributed by atoms with van der Waals surface area (Å²) in [5.41, 5.74) is 2.85. The molecule has 1 aromatic rings. The van der Waals surface area contributed by atoms with Crippen LogP contribution in [0.15, 0.2) is 29.2 Å². The third-order valence-corrected chi connectivity index (χ3v) is 2.53. The smallest absolute Gasteiger partial charge is 0.266 e. The van der Waals surface area contributed by atoms with Gasteiger partial charge in [-0.3, -0.25) is 5.84 Å². The third-order valence-electron chi connectivity index (χ3n) is 1.43. The van der Waals surface area contributed by atoms with Gasteiger partial charge in [0.05, 0.1) is 4.90 Å². The topological polar surface area (TPSA) is 84.2 Å². The monoisotopic (exact) mass is 205 g/mol. The van der Waals surface area contributed by atoms with Crippen LogP contribution >= 0.6 is 0 Å². The fourth-order valence-electron chi connectivity index (χ4n) is 0.775. The van der Waals surface area contributed by atoms with Crippen LogP contribution < -0.4 is 16.2 Å². The van der Waals surface area contributed by atoms with Crippen LogP contribution in [0.4, 0.5) is 10.2 Å². The zero-order valence-electron chi connectivity index (χ0n) is 6.49. The van der Waals surface area contributed by atoms with E-state index in [4.69, 9.17) is 5.84 Å². The van der Waals surface area contributed by atoms with Crippen molar-refractivity contribution in [2.75, 3.05) is 5.43 Å².